The number of hydrogen-bond acceptors (Lipinski definition) is 4. The van der Waals surface area contributed by atoms with Crippen molar-refractivity contribution in [3.8, 4) is 6.07 Å². The Balaban J connectivity index is 2.85. The lowest BCUT2D eigenvalue weighted by Crippen LogP contribution is -2.36. The first-order chi connectivity index (χ1) is 8.99. The van der Waals surface area contributed by atoms with Gasteiger partial charge in [-0.15, -0.1) is 0 Å². The molecule has 0 aliphatic carbocycles. The molecule has 1 aromatic carbocycles. The van der Waals surface area contributed by atoms with E-state index in [1.165, 1.54) is 20.1 Å². The first-order valence-corrected chi connectivity index (χ1v) is 5.75. The second-order valence-corrected chi connectivity index (χ2v) is 4.12. The molecule has 1 amide bonds. The topological polar surface area (TPSA) is 88.1 Å². The van der Waals surface area contributed by atoms with Crippen molar-refractivity contribution < 1.29 is 13.9 Å². The SMILES string of the molecule is COCCC(N)C(=O)Nc1cc(C#N)cc(F)c1C. The summed E-state index contributed by atoms with van der Waals surface area (Å²) >= 11 is 0. The fraction of sp³-hybridized carbons (Fsp3) is 0.385. The van der Waals surface area contributed by atoms with Crippen LogP contribution < -0.4 is 11.1 Å². The molecule has 0 saturated heterocycles. The van der Waals surface area contributed by atoms with Crippen LogP contribution in [-0.2, 0) is 9.53 Å². The van der Waals surface area contributed by atoms with Crippen LogP contribution in [0.3, 0.4) is 0 Å². The number of halogens is 1. The number of ether oxygens (including phenoxy) is 1. The molecular formula is C13H16FN3O2. The summed E-state index contributed by atoms with van der Waals surface area (Å²) in [6.07, 6.45) is 0.363. The summed E-state index contributed by atoms with van der Waals surface area (Å²) in [5.74, 6) is -0.977. The van der Waals surface area contributed by atoms with Gasteiger partial charge >= 0.3 is 0 Å². The maximum atomic E-state index is 13.5. The summed E-state index contributed by atoms with van der Waals surface area (Å²) in [7, 11) is 1.51. The molecule has 1 rings (SSSR count). The predicted octanol–water partition coefficient (Wildman–Crippen LogP) is 1.31. The number of hydrogen-bond donors (Lipinski definition) is 2. The Hall–Kier alpha value is -1.97. The van der Waals surface area contributed by atoms with E-state index in [4.69, 9.17) is 15.7 Å². The number of nitriles is 1. The van der Waals surface area contributed by atoms with Crippen LogP contribution in [-0.4, -0.2) is 25.7 Å². The smallest absolute Gasteiger partial charge is 0.241 e. The van der Waals surface area contributed by atoms with Gasteiger partial charge < -0.3 is 15.8 Å². The highest BCUT2D eigenvalue weighted by Gasteiger charge is 2.16. The van der Waals surface area contributed by atoms with Gasteiger partial charge in [-0.3, -0.25) is 4.79 Å². The average molecular weight is 265 g/mol. The monoisotopic (exact) mass is 265 g/mol. The lowest BCUT2D eigenvalue weighted by Gasteiger charge is -2.14. The number of nitrogens with zero attached hydrogens (tertiary/aromatic N) is 1. The van der Waals surface area contributed by atoms with Crippen molar-refractivity contribution in [2.75, 3.05) is 19.0 Å². The summed E-state index contributed by atoms with van der Waals surface area (Å²) in [6, 6.07) is 3.62. The predicted molar refractivity (Wildman–Crippen MR) is 69.0 cm³/mol. The minimum atomic E-state index is -0.742. The Morgan fingerprint density at radius 2 is 2.32 bits per heavy atom. The van der Waals surface area contributed by atoms with Crippen molar-refractivity contribution in [2.24, 2.45) is 5.73 Å². The number of nitrogens with two attached hydrogens (primary N) is 1. The number of benzene rings is 1. The van der Waals surface area contributed by atoms with Gasteiger partial charge in [0.2, 0.25) is 5.91 Å². The highest BCUT2D eigenvalue weighted by molar-refractivity contribution is 5.95. The Labute approximate surface area is 111 Å². The van der Waals surface area contributed by atoms with Crippen molar-refractivity contribution in [3.63, 3.8) is 0 Å². The molecule has 5 nitrogen and oxygen atoms in total. The van der Waals surface area contributed by atoms with E-state index in [1.807, 2.05) is 6.07 Å². The molecule has 0 heterocycles. The van der Waals surface area contributed by atoms with Crippen LogP contribution in [0.25, 0.3) is 0 Å². The van der Waals surface area contributed by atoms with Gasteiger partial charge in [-0.2, -0.15) is 5.26 Å². The standard InChI is InChI=1S/C13H16FN3O2/c1-8-10(14)5-9(7-15)6-12(8)17-13(18)11(16)3-4-19-2/h5-6,11H,3-4,16H2,1-2H3,(H,17,18). The molecule has 3 N–H and O–H groups in total. The van der Waals surface area contributed by atoms with E-state index >= 15 is 0 Å². The van der Waals surface area contributed by atoms with E-state index in [0.717, 1.165) is 6.07 Å². The summed E-state index contributed by atoms with van der Waals surface area (Å²) in [4.78, 5) is 11.8. The van der Waals surface area contributed by atoms with Gasteiger partial charge in [-0.25, -0.2) is 4.39 Å². The highest BCUT2D eigenvalue weighted by atomic mass is 19.1. The van der Waals surface area contributed by atoms with Gasteiger partial charge in [0, 0.05) is 25.0 Å². The van der Waals surface area contributed by atoms with E-state index in [0.29, 0.717) is 13.0 Å². The van der Waals surface area contributed by atoms with Crippen LogP contribution in [0.2, 0.25) is 0 Å². The van der Waals surface area contributed by atoms with Crippen LogP contribution in [0.4, 0.5) is 10.1 Å². The van der Waals surface area contributed by atoms with Crippen molar-refractivity contribution >= 4 is 11.6 Å². The van der Waals surface area contributed by atoms with E-state index in [-0.39, 0.29) is 16.8 Å². The average Bonchev–Trinajstić information content (AvgIpc) is 2.40. The Morgan fingerprint density at radius 3 is 2.89 bits per heavy atom. The Bertz CT molecular complexity index is 511. The summed E-state index contributed by atoms with van der Waals surface area (Å²) < 4.78 is 18.4. The van der Waals surface area contributed by atoms with Crippen molar-refractivity contribution in [1.29, 1.82) is 5.26 Å². The van der Waals surface area contributed by atoms with Crippen LogP contribution >= 0.6 is 0 Å². The minimum absolute atomic E-state index is 0.142. The Morgan fingerprint density at radius 1 is 1.63 bits per heavy atom. The van der Waals surface area contributed by atoms with E-state index in [1.54, 1.807) is 0 Å². The number of anilines is 1. The fourth-order valence-electron chi connectivity index (χ4n) is 1.47. The second-order valence-electron chi connectivity index (χ2n) is 4.12. The summed E-state index contributed by atoms with van der Waals surface area (Å²) in [5.41, 5.74) is 6.33. The molecular weight excluding hydrogens is 249 g/mol. The lowest BCUT2D eigenvalue weighted by molar-refractivity contribution is -0.117. The van der Waals surface area contributed by atoms with Gasteiger partial charge in [0.15, 0.2) is 0 Å². The molecule has 19 heavy (non-hydrogen) atoms. The largest absolute Gasteiger partial charge is 0.385 e. The van der Waals surface area contributed by atoms with Crippen molar-refractivity contribution in [3.05, 3.63) is 29.1 Å². The number of methoxy groups -OCH3 is 1. The molecule has 0 bridgehead atoms. The zero-order valence-electron chi connectivity index (χ0n) is 10.9. The second kappa shape index (κ2) is 6.83. The zero-order valence-corrected chi connectivity index (χ0v) is 10.9. The van der Waals surface area contributed by atoms with Crippen LogP contribution in [0.5, 0.6) is 0 Å². The minimum Gasteiger partial charge on any atom is -0.385 e. The maximum absolute atomic E-state index is 13.5. The third kappa shape index (κ3) is 4.02. The van der Waals surface area contributed by atoms with Gasteiger partial charge in [0.25, 0.3) is 0 Å². The molecule has 1 aromatic rings. The third-order valence-electron chi connectivity index (χ3n) is 2.70. The fourth-order valence-corrected chi connectivity index (χ4v) is 1.47. The number of carbonyl (C=O) groups excluding carboxylic acids is 1. The van der Waals surface area contributed by atoms with E-state index in [9.17, 15) is 9.18 Å². The molecule has 1 unspecified atom stereocenters. The summed E-state index contributed by atoms with van der Waals surface area (Å²) in [5, 5.41) is 11.3. The van der Waals surface area contributed by atoms with Crippen LogP contribution in [0.15, 0.2) is 12.1 Å². The quantitative estimate of drug-likeness (QED) is 0.840. The Kier molecular flexibility index (Phi) is 5.42. The number of carbonyl (C=O) groups is 1. The van der Waals surface area contributed by atoms with E-state index in [2.05, 4.69) is 5.32 Å². The third-order valence-corrected chi connectivity index (χ3v) is 2.70. The molecule has 0 aromatic heterocycles. The maximum Gasteiger partial charge on any atom is 0.241 e. The first kappa shape index (κ1) is 15.1. The molecule has 0 fully saturated rings. The van der Waals surface area contributed by atoms with Gasteiger partial charge in [-0.05, 0) is 25.5 Å². The molecule has 102 valence electrons. The van der Waals surface area contributed by atoms with Gasteiger partial charge in [0.05, 0.1) is 17.7 Å². The molecule has 1 atom stereocenters. The van der Waals surface area contributed by atoms with Gasteiger partial charge in [0.1, 0.15) is 5.82 Å². The molecule has 0 aliphatic rings. The highest BCUT2D eigenvalue weighted by Crippen LogP contribution is 2.20. The normalized spacial score (nSPS) is 11.7. The summed E-state index contributed by atoms with van der Waals surface area (Å²) in [6.45, 7) is 1.88. The number of nitrogens with one attached hydrogen (secondary N) is 1. The lowest BCUT2D eigenvalue weighted by atomic mass is 10.1. The molecule has 0 aliphatic heterocycles. The van der Waals surface area contributed by atoms with Crippen molar-refractivity contribution in [2.45, 2.75) is 19.4 Å². The van der Waals surface area contributed by atoms with Crippen LogP contribution in [0.1, 0.15) is 17.5 Å². The van der Waals surface area contributed by atoms with Gasteiger partial charge in [-0.1, -0.05) is 0 Å². The molecule has 0 saturated carbocycles. The molecule has 6 heteroatoms. The number of rotatable bonds is 5. The van der Waals surface area contributed by atoms with E-state index < -0.39 is 17.8 Å². The molecule has 0 radical (unpaired) electrons. The number of amides is 1. The van der Waals surface area contributed by atoms with Crippen molar-refractivity contribution in [1.82, 2.24) is 0 Å². The first-order valence-electron chi connectivity index (χ1n) is 5.75. The van der Waals surface area contributed by atoms with Crippen LogP contribution in [0, 0.1) is 24.1 Å². The zero-order chi connectivity index (χ0) is 14.4. The molecule has 0 spiro atoms.